The van der Waals surface area contributed by atoms with Crippen molar-refractivity contribution in [3.8, 4) is 0 Å². The maximum atomic E-state index is 12.8. The Balaban J connectivity index is 1.14. The van der Waals surface area contributed by atoms with Gasteiger partial charge in [-0.3, -0.25) is 19.3 Å². The van der Waals surface area contributed by atoms with Crippen LogP contribution in [-0.2, 0) is 36.8 Å². The zero-order valence-corrected chi connectivity index (χ0v) is 28.3. The van der Waals surface area contributed by atoms with Gasteiger partial charge in [-0.15, -0.1) is 0 Å². The average Bonchev–Trinajstić information content (AvgIpc) is 3.43. The van der Waals surface area contributed by atoms with E-state index in [4.69, 9.17) is 25.9 Å². The number of unbranched alkanes of at least 4 members (excludes halogenated alkanes) is 1. The minimum absolute atomic E-state index is 0.00149. The minimum atomic E-state index is -0.848. The van der Waals surface area contributed by atoms with Gasteiger partial charge in [0.2, 0.25) is 11.8 Å². The van der Waals surface area contributed by atoms with Crippen molar-refractivity contribution in [1.82, 2.24) is 29.7 Å². The number of nitrogens with one attached hydrogen (secondary N) is 1. The number of rotatable bonds is 19. The first-order valence-corrected chi connectivity index (χ1v) is 16.9. The lowest BCUT2D eigenvalue weighted by atomic mass is 9.99. The molecule has 0 saturated carbocycles. The fourth-order valence-corrected chi connectivity index (χ4v) is 5.67. The number of ether oxygens (including phenoxy) is 2. The standard InChI is InChI=1S/C34H52N8O5/c1-4-5-10-28-39-31-32(25-8-6-7-9-26(25)38-33(31)35)42(28)20-17-40-15-18-41(19-16-40)30(45)12-11-29(44)37-14-22-47-24-23-46-21-13-27(43)34(2,3)36/h6-9H,4-5,10-24,36H2,1-3H3,(H2,35,38)(H,37,44). The number of nitrogens with two attached hydrogens (primary N) is 2. The minimum Gasteiger partial charge on any atom is -0.382 e. The molecule has 5 N–H and O–H groups in total. The molecular formula is C34H52N8O5. The fraction of sp³-hybridized carbons (Fsp3) is 0.618. The van der Waals surface area contributed by atoms with Gasteiger partial charge in [0.25, 0.3) is 0 Å². The molecule has 258 valence electrons. The average molecular weight is 653 g/mol. The van der Waals surface area contributed by atoms with Crippen LogP contribution in [0.5, 0.6) is 0 Å². The third-order valence-electron chi connectivity index (χ3n) is 8.51. The van der Waals surface area contributed by atoms with Crippen LogP contribution in [0.25, 0.3) is 21.9 Å². The first kappa shape index (κ1) is 36.2. The number of anilines is 1. The fourth-order valence-electron chi connectivity index (χ4n) is 5.67. The number of piperazine rings is 1. The van der Waals surface area contributed by atoms with Crippen molar-refractivity contribution in [3.63, 3.8) is 0 Å². The second-order valence-corrected chi connectivity index (χ2v) is 12.7. The van der Waals surface area contributed by atoms with E-state index >= 15 is 0 Å². The largest absolute Gasteiger partial charge is 0.382 e. The van der Waals surface area contributed by atoms with Crippen LogP contribution in [0.4, 0.5) is 5.82 Å². The van der Waals surface area contributed by atoms with E-state index in [1.54, 1.807) is 13.8 Å². The van der Waals surface area contributed by atoms with E-state index in [9.17, 15) is 14.4 Å². The Morgan fingerprint density at radius 1 is 0.936 bits per heavy atom. The first-order chi connectivity index (χ1) is 22.6. The van der Waals surface area contributed by atoms with Crippen LogP contribution in [0.2, 0.25) is 0 Å². The van der Waals surface area contributed by atoms with Crippen molar-refractivity contribution in [2.75, 3.05) is 71.4 Å². The van der Waals surface area contributed by atoms with E-state index in [-0.39, 0.29) is 36.9 Å². The molecule has 0 radical (unpaired) electrons. The van der Waals surface area contributed by atoms with E-state index in [0.29, 0.717) is 51.9 Å². The summed E-state index contributed by atoms with van der Waals surface area (Å²) in [7, 11) is 0. The first-order valence-electron chi connectivity index (χ1n) is 16.9. The Labute approximate surface area is 277 Å². The number of aryl methyl sites for hydroxylation is 1. The van der Waals surface area contributed by atoms with E-state index in [1.165, 1.54) is 0 Å². The van der Waals surface area contributed by atoms with Crippen molar-refractivity contribution in [2.45, 2.75) is 71.4 Å². The quantitative estimate of drug-likeness (QED) is 0.163. The Bertz CT molecular complexity index is 1490. The van der Waals surface area contributed by atoms with Crippen LogP contribution in [0.15, 0.2) is 24.3 Å². The van der Waals surface area contributed by atoms with Crippen LogP contribution >= 0.6 is 0 Å². The van der Waals surface area contributed by atoms with Gasteiger partial charge < -0.3 is 35.7 Å². The number of nitrogen functional groups attached to an aromatic ring is 1. The van der Waals surface area contributed by atoms with Gasteiger partial charge >= 0.3 is 0 Å². The summed E-state index contributed by atoms with van der Waals surface area (Å²) in [6.07, 6.45) is 3.62. The van der Waals surface area contributed by atoms with E-state index in [1.807, 2.05) is 23.1 Å². The van der Waals surface area contributed by atoms with Gasteiger partial charge in [-0.05, 0) is 26.3 Å². The van der Waals surface area contributed by atoms with Gasteiger partial charge in [0.15, 0.2) is 11.6 Å². The van der Waals surface area contributed by atoms with E-state index in [0.717, 1.165) is 73.2 Å². The molecule has 1 aromatic carbocycles. The molecule has 0 bridgehead atoms. The number of Topliss-reactive ketones (excluding diaryl/α,β-unsaturated/α-hetero) is 1. The summed E-state index contributed by atoms with van der Waals surface area (Å²) in [6, 6.07) is 8.07. The van der Waals surface area contributed by atoms with Gasteiger partial charge in [0, 0.05) is 76.9 Å². The lowest BCUT2D eigenvalue weighted by Crippen LogP contribution is -2.49. The molecule has 13 heteroatoms. The molecule has 2 amide bonds. The highest BCUT2D eigenvalue weighted by molar-refractivity contribution is 6.06. The normalized spacial score (nSPS) is 14.3. The second kappa shape index (κ2) is 17.5. The maximum Gasteiger partial charge on any atom is 0.223 e. The molecule has 0 spiro atoms. The number of carbonyl (C=O) groups excluding carboxylic acids is 3. The van der Waals surface area contributed by atoms with Crippen LogP contribution in [0.3, 0.4) is 0 Å². The molecule has 4 rings (SSSR count). The third kappa shape index (κ3) is 10.4. The second-order valence-electron chi connectivity index (χ2n) is 12.7. The number of amides is 2. The van der Waals surface area contributed by atoms with Gasteiger partial charge in [-0.2, -0.15) is 0 Å². The molecule has 1 fully saturated rings. The molecule has 1 aliphatic heterocycles. The van der Waals surface area contributed by atoms with Gasteiger partial charge in [-0.1, -0.05) is 31.5 Å². The highest BCUT2D eigenvalue weighted by Crippen LogP contribution is 2.29. The SMILES string of the molecule is CCCCc1nc2c(N)nc3ccccc3c2n1CCN1CCN(C(=O)CCC(=O)NCCOCCOCCC(=O)C(C)(C)N)CC1. The van der Waals surface area contributed by atoms with E-state index < -0.39 is 5.54 Å². The Morgan fingerprint density at radius 3 is 2.38 bits per heavy atom. The summed E-state index contributed by atoms with van der Waals surface area (Å²) in [5, 5.41) is 3.85. The molecule has 0 unspecified atom stereocenters. The highest BCUT2D eigenvalue weighted by Gasteiger charge is 2.23. The lowest BCUT2D eigenvalue weighted by Gasteiger charge is -2.35. The van der Waals surface area contributed by atoms with E-state index in [2.05, 4.69) is 32.8 Å². The smallest absolute Gasteiger partial charge is 0.223 e. The Morgan fingerprint density at radius 2 is 1.66 bits per heavy atom. The third-order valence-corrected chi connectivity index (χ3v) is 8.51. The topological polar surface area (TPSA) is 171 Å². The summed E-state index contributed by atoms with van der Waals surface area (Å²) in [5.41, 5.74) is 13.9. The van der Waals surface area contributed by atoms with Crippen molar-refractivity contribution >= 4 is 45.4 Å². The summed E-state index contributed by atoms with van der Waals surface area (Å²) in [5.74, 6) is 1.28. The molecule has 47 heavy (non-hydrogen) atoms. The summed E-state index contributed by atoms with van der Waals surface area (Å²) in [4.78, 5) is 50.6. The van der Waals surface area contributed by atoms with Crippen molar-refractivity contribution < 1.29 is 23.9 Å². The molecule has 3 aromatic rings. The number of aromatic nitrogens is 3. The number of ketones is 1. The molecule has 2 aromatic heterocycles. The van der Waals surface area contributed by atoms with Gasteiger partial charge in [0.1, 0.15) is 11.3 Å². The summed E-state index contributed by atoms with van der Waals surface area (Å²) < 4.78 is 13.2. The molecular weight excluding hydrogens is 600 g/mol. The number of fused-ring (bicyclic) bond motifs is 3. The monoisotopic (exact) mass is 652 g/mol. The van der Waals surface area contributed by atoms with Gasteiger partial charge in [0.05, 0.1) is 43.0 Å². The summed E-state index contributed by atoms with van der Waals surface area (Å²) in [6.45, 7) is 11.7. The Hall–Kier alpha value is -3.65. The molecule has 13 nitrogen and oxygen atoms in total. The van der Waals surface area contributed by atoms with Crippen LogP contribution in [-0.4, -0.2) is 113 Å². The zero-order valence-electron chi connectivity index (χ0n) is 28.3. The number of imidazole rings is 1. The number of pyridine rings is 1. The van der Waals surface area contributed by atoms with Crippen molar-refractivity contribution in [3.05, 3.63) is 30.1 Å². The van der Waals surface area contributed by atoms with Crippen LogP contribution in [0, 0.1) is 0 Å². The van der Waals surface area contributed by atoms with Gasteiger partial charge in [-0.25, -0.2) is 9.97 Å². The van der Waals surface area contributed by atoms with Crippen molar-refractivity contribution in [1.29, 1.82) is 0 Å². The predicted octanol–water partition coefficient (Wildman–Crippen LogP) is 2.28. The lowest BCUT2D eigenvalue weighted by molar-refractivity contribution is -0.135. The maximum absolute atomic E-state index is 12.8. The number of para-hydroxylation sites is 1. The molecule has 0 atom stereocenters. The molecule has 1 aliphatic rings. The summed E-state index contributed by atoms with van der Waals surface area (Å²) >= 11 is 0. The van der Waals surface area contributed by atoms with Crippen LogP contribution in [0.1, 0.15) is 58.7 Å². The number of benzene rings is 1. The number of nitrogens with zero attached hydrogens (tertiary/aromatic N) is 5. The number of carbonyl (C=O) groups is 3. The Kier molecular flexibility index (Phi) is 13.5. The van der Waals surface area contributed by atoms with Crippen molar-refractivity contribution in [2.24, 2.45) is 5.73 Å². The number of hydrogen-bond donors (Lipinski definition) is 3. The number of hydrogen-bond acceptors (Lipinski definition) is 10. The molecule has 1 saturated heterocycles. The predicted molar refractivity (Wildman–Crippen MR) is 183 cm³/mol. The highest BCUT2D eigenvalue weighted by atomic mass is 16.5. The molecule has 0 aliphatic carbocycles. The van der Waals surface area contributed by atoms with Crippen LogP contribution < -0.4 is 16.8 Å². The molecule has 3 heterocycles. The zero-order chi connectivity index (χ0) is 33.8.